The van der Waals surface area contributed by atoms with Gasteiger partial charge in [-0.15, -0.1) is 0 Å². The second-order valence-corrected chi connectivity index (χ2v) is 6.95. The lowest BCUT2D eigenvalue weighted by molar-refractivity contribution is 0.160. The fourth-order valence-corrected chi connectivity index (χ4v) is 3.13. The van der Waals surface area contributed by atoms with Crippen LogP contribution < -0.4 is 6.15 Å². The van der Waals surface area contributed by atoms with Crippen LogP contribution in [0.5, 0.6) is 0 Å². The van der Waals surface area contributed by atoms with Crippen LogP contribution in [0.1, 0.15) is 97.3 Å². The van der Waals surface area contributed by atoms with E-state index < -0.39 is 10.4 Å². The average molecular weight is 341 g/mol. The van der Waals surface area contributed by atoms with E-state index in [1.54, 1.807) is 0 Å². The molecular weight excluding hydrogens is 302 g/mol. The first-order valence-electron chi connectivity index (χ1n) is 8.65. The van der Waals surface area contributed by atoms with Gasteiger partial charge in [-0.1, -0.05) is 84.5 Å². The number of unbranched alkanes of at least 4 members (excludes halogenated alkanes) is 9. The molecule has 0 saturated carbocycles. The molecule has 0 saturated heterocycles. The van der Waals surface area contributed by atoms with Crippen molar-refractivity contribution in [3.8, 4) is 0 Å². The molecule has 136 valence electrons. The molecule has 1 atom stereocenters. The lowest BCUT2D eigenvalue weighted by Crippen LogP contribution is -2.17. The molecule has 0 aliphatic rings. The molecule has 22 heavy (non-hydrogen) atoms. The first kappa shape index (κ1) is 24.1. The van der Waals surface area contributed by atoms with Crippen LogP contribution in [0.15, 0.2) is 0 Å². The van der Waals surface area contributed by atoms with E-state index in [1.807, 2.05) is 6.92 Å². The molecule has 0 fully saturated rings. The van der Waals surface area contributed by atoms with Crippen molar-refractivity contribution >= 4 is 10.4 Å². The van der Waals surface area contributed by atoms with Gasteiger partial charge in [0.15, 0.2) is 0 Å². The van der Waals surface area contributed by atoms with E-state index in [1.165, 1.54) is 51.4 Å². The van der Waals surface area contributed by atoms with Crippen LogP contribution >= 0.6 is 0 Å². The van der Waals surface area contributed by atoms with Crippen molar-refractivity contribution in [2.45, 2.75) is 103 Å². The van der Waals surface area contributed by atoms with Gasteiger partial charge in [-0.3, -0.25) is 4.55 Å². The Bertz CT molecular complexity index is 320. The summed E-state index contributed by atoms with van der Waals surface area (Å²) in [4.78, 5) is 0. The maximum Gasteiger partial charge on any atom is 0.397 e. The topological polar surface area (TPSA) is 100 Å². The van der Waals surface area contributed by atoms with Crippen LogP contribution in [-0.2, 0) is 14.6 Å². The Balaban J connectivity index is 0. The maximum absolute atomic E-state index is 10.7. The quantitative estimate of drug-likeness (QED) is 0.296. The number of hydrogen-bond acceptors (Lipinski definition) is 3. The lowest BCUT2D eigenvalue weighted by atomic mass is 10.0. The predicted octanol–water partition coefficient (Wildman–Crippen LogP) is 5.66. The first-order valence-corrected chi connectivity index (χ1v) is 10.0. The standard InChI is InChI=1S/C16H34O4S.H3N/c1-3-5-6-7-8-9-10-11-12-13-15-16(14-4-2)20-21(17,18)19;/h16H,3-15H2,1-2H3,(H,17,18,19);1H3/p+1. The summed E-state index contributed by atoms with van der Waals surface area (Å²) in [7, 11) is -4.31. The molecule has 5 nitrogen and oxygen atoms in total. The third kappa shape index (κ3) is 17.9. The van der Waals surface area contributed by atoms with Gasteiger partial charge in [0, 0.05) is 0 Å². The molecule has 0 radical (unpaired) electrons. The van der Waals surface area contributed by atoms with E-state index in [9.17, 15) is 8.42 Å². The van der Waals surface area contributed by atoms with Crippen molar-refractivity contribution in [3.63, 3.8) is 0 Å². The Morgan fingerprint density at radius 1 is 0.773 bits per heavy atom. The second kappa shape index (κ2) is 15.7. The van der Waals surface area contributed by atoms with Crippen molar-refractivity contribution in [1.82, 2.24) is 6.15 Å². The van der Waals surface area contributed by atoms with E-state index in [0.29, 0.717) is 12.8 Å². The zero-order valence-corrected chi connectivity index (χ0v) is 15.7. The molecule has 0 aliphatic heterocycles. The summed E-state index contributed by atoms with van der Waals surface area (Å²) in [5.41, 5.74) is 0. The van der Waals surface area contributed by atoms with Crippen molar-refractivity contribution in [3.05, 3.63) is 0 Å². The van der Waals surface area contributed by atoms with E-state index in [0.717, 1.165) is 19.3 Å². The molecule has 0 aromatic rings. The molecule has 0 spiro atoms. The van der Waals surface area contributed by atoms with E-state index in [-0.39, 0.29) is 12.3 Å². The van der Waals surface area contributed by atoms with Gasteiger partial charge in [-0.2, -0.15) is 8.42 Å². The van der Waals surface area contributed by atoms with E-state index >= 15 is 0 Å². The molecule has 0 aromatic heterocycles. The van der Waals surface area contributed by atoms with Gasteiger partial charge < -0.3 is 6.15 Å². The fourth-order valence-electron chi connectivity index (χ4n) is 2.59. The van der Waals surface area contributed by atoms with Crippen LogP contribution in [0.25, 0.3) is 0 Å². The van der Waals surface area contributed by atoms with Crippen LogP contribution in [0.2, 0.25) is 0 Å². The first-order chi connectivity index (χ1) is 9.99. The van der Waals surface area contributed by atoms with Gasteiger partial charge in [0.1, 0.15) is 0 Å². The Morgan fingerprint density at radius 2 is 1.23 bits per heavy atom. The van der Waals surface area contributed by atoms with Crippen molar-refractivity contribution in [2.75, 3.05) is 0 Å². The summed E-state index contributed by atoms with van der Waals surface area (Å²) in [6.45, 7) is 4.22. The molecule has 1 unspecified atom stereocenters. The zero-order valence-electron chi connectivity index (χ0n) is 14.8. The summed E-state index contributed by atoms with van der Waals surface area (Å²) in [5.74, 6) is 0. The third-order valence-corrected chi connectivity index (χ3v) is 4.26. The predicted molar refractivity (Wildman–Crippen MR) is 93.8 cm³/mol. The Labute approximate surface area is 137 Å². The Morgan fingerprint density at radius 3 is 1.64 bits per heavy atom. The van der Waals surface area contributed by atoms with Gasteiger partial charge in [0.05, 0.1) is 6.10 Å². The summed E-state index contributed by atoms with van der Waals surface area (Å²) in [6, 6.07) is 0. The van der Waals surface area contributed by atoms with Crippen molar-refractivity contribution in [1.29, 1.82) is 0 Å². The zero-order chi connectivity index (χ0) is 16.0. The Hall–Kier alpha value is -0.170. The minimum absolute atomic E-state index is 0. The molecule has 0 amide bonds. The molecule has 6 heteroatoms. The van der Waals surface area contributed by atoms with Crippen molar-refractivity contribution in [2.24, 2.45) is 0 Å². The monoisotopic (exact) mass is 340 g/mol. The van der Waals surface area contributed by atoms with Gasteiger partial charge in [-0.25, -0.2) is 4.18 Å². The summed E-state index contributed by atoms with van der Waals surface area (Å²) in [5, 5.41) is 0. The van der Waals surface area contributed by atoms with Gasteiger partial charge in [0.2, 0.25) is 0 Å². The maximum atomic E-state index is 10.7. The molecule has 0 rings (SSSR count). The van der Waals surface area contributed by atoms with Gasteiger partial charge in [-0.05, 0) is 12.8 Å². The molecule has 0 bridgehead atoms. The van der Waals surface area contributed by atoms with Gasteiger partial charge in [0.25, 0.3) is 0 Å². The fraction of sp³-hybridized carbons (Fsp3) is 1.00. The van der Waals surface area contributed by atoms with E-state index in [2.05, 4.69) is 11.1 Å². The SMILES string of the molecule is CCCCCCCCCCCCC(CCC)OS(=O)(=O)O.[NH4+]. The highest BCUT2D eigenvalue weighted by atomic mass is 32.3. The van der Waals surface area contributed by atoms with E-state index in [4.69, 9.17) is 4.55 Å². The third-order valence-electron chi connectivity index (χ3n) is 3.75. The van der Waals surface area contributed by atoms with Gasteiger partial charge >= 0.3 is 10.4 Å². The number of hydrogen-bond donors (Lipinski definition) is 2. The summed E-state index contributed by atoms with van der Waals surface area (Å²) in [6.07, 6.45) is 14.5. The highest BCUT2D eigenvalue weighted by Gasteiger charge is 2.15. The molecule has 5 N–H and O–H groups in total. The van der Waals surface area contributed by atoms with Crippen LogP contribution in [-0.4, -0.2) is 19.1 Å². The smallest absolute Gasteiger partial charge is 0.369 e. The van der Waals surface area contributed by atoms with Crippen LogP contribution in [0, 0.1) is 0 Å². The van der Waals surface area contributed by atoms with Crippen LogP contribution in [0.4, 0.5) is 0 Å². The highest BCUT2D eigenvalue weighted by Crippen LogP contribution is 2.16. The summed E-state index contributed by atoms with van der Waals surface area (Å²) < 4.78 is 34.9. The minimum Gasteiger partial charge on any atom is -0.369 e. The molecular formula is C16H38NO4S+. The normalized spacial score (nSPS) is 12.9. The molecule has 0 aliphatic carbocycles. The second-order valence-electron chi connectivity index (χ2n) is 5.91. The lowest BCUT2D eigenvalue weighted by Gasteiger charge is -2.14. The van der Waals surface area contributed by atoms with Crippen LogP contribution in [0.3, 0.4) is 0 Å². The molecule has 0 aromatic carbocycles. The largest absolute Gasteiger partial charge is 0.397 e. The summed E-state index contributed by atoms with van der Waals surface area (Å²) >= 11 is 0. The average Bonchev–Trinajstić information content (AvgIpc) is 2.39. The Kier molecular flexibility index (Phi) is 17.2. The number of rotatable bonds is 15. The number of quaternary nitrogens is 1. The highest BCUT2D eigenvalue weighted by molar-refractivity contribution is 7.80. The van der Waals surface area contributed by atoms with Crippen molar-refractivity contribution < 1.29 is 17.2 Å². The minimum atomic E-state index is -4.31. The molecule has 0 heterocycles.